The minimum absolute atomic E-state index is 0.0706. The van der Waals surface area contributed by atoms with Crippen LogP contribution in [0.5, 0.6) is 0 Å². The van der Waals surface area contributed by atoms with E-state index in [1.807, 2.05) is 6.92 Å². The predicted molar refractivity (Wildman–Crippen MR) is 70.1 cm³/mol. The second-order valence-electron chi connectivity index (χ2n) is 4.74. The summed E-state index contributed by atoms with van der Waals surface area (Å²) in [5, 5.41) is 0. The Hall–Kier alpha value is -1.75. The van der Waals surface area contributed by atoms with Gasteiger partial charge in [-0.05, 0) is 25.6 Å². The molecule has 18 heavy (non-hydrogen) atoms. The maximum Gasteiger partial charge on any atom is 0.289 e. The first-order chi connectivity index (χ1) is 8.49. The molecule has 2 heterocycles. The lowest BCUT2D eigenvalue weighted by Gasteiger charge is -2.31. The smallest absolute Gasteiger partial charge is 0.289 e. The van der Waals surface area contributed by atoms with Crippen molar-refractivity contribution < 1.29 is 9.21 Å². The molecule has 5 nitrogen and oxygen atoms in total. The third kappa shape index (κ3) is 2.41. The summed E-state index contributed by atoms with van der Waals surface area (Å²) >= 11 is 0. The van der Waals surface area contributed by atoms with Crippen LogP contribution >= 0.6 is 0 Å². The zero-order valence-corrected chi connectivity index (χ0v) is 10.9. The van der Waals surface area contributed by atoms with Gasteiger partial charge in [0.25, 0.3) is 5.91 Å². The summed E-state index contributed by atoms with van der Waals surface area (Å²) in [5.41, 5.74) is 6.80. The zero-order valence-electron chi connectivity index (χ0n) is 10.9. The highest BCUT2D eigenvalue weighted by molar-refractivity contribution is 5.92. The van der Waals surface area contributed by atoms with Gasteiger partial charge in [-0.25, -0.2) is 0 Å². The van der Waals surface area contributed by atoms with Gasteiger partial charge in [0, 0.05) is 26.2 Å². The molecule has 0 atom stereocenters. The summed E-state index contributed by atoms with van der Waals surface area (Å²) in [6.45, 7) is 8.73. The molecule has 5 heteroatoms. The summed E-state index contributed by atoms with van der Waals surface area (Å²) < 4.78 is 5.49. The van der Waals surface area contributed by atoms with Gasteiger partial charge in [0.1, 0.15) is 0 Å². The van der Waals surface area contributed by atoms with Gasteiger partial charge in [0.2, 0.25) is 0 Å². The number of aryl methyl sites for hydroxylation is 1. The van der Waals surface area contributed by atoms with Crippen LogP contribution < -0.4 is 5.73 Å². The summed E-state index contributed by atoms with van der Waals surface area (Å²) in [7, 11) is 2.05. The Bertz CT molecular complexity index is 471. The van der Waals surface area contributed by atoms with Crippen molar-refractivity contribution in [3.63, 3.8) is 0 Å². The number of amides is 1. The third-order valence-corrected chi connectivity index (χ3v) is 3.21. The van der Waals surface area contributed by atoms with Gasteiger partial charge < -0.3 is 20.0 Å². The molecule has 0 unspecified atom stereocenters. The maximum absolute atomic E-state index is 12.2. The summed E-state index contributed by atoms with van der Waals surface area (Å²) in [6.07, 6.45) is 0. The minimum atomic E-state index is -0.0706. The van der Waals surface area contributed by atoms with E-state index in [4.69, 9.17) is 10.2 Å². The molecule has 1 fully saturated rings. The average molecular weight is 249 g/mol. The van der Waals surface area contributed by atoms with E-state index in [9.17, 15) is 4.79 Å². The lowest BCUT2D eigenvalue weighted by Crippen LogP contribution is -2.47. The van der Waals surface area contributed by atoms with Crippen molar-refractivity contribution in [2.24, 2.45) is 5.73 Å². The van der Waals surface area contributed by atoms with Crippen LogP contribution in [0.1, 0.15) is 21.9 Å². The van der Waals surface area contributed by atoms with Gasteiger partial charge >= 0.3 is 0 Å². The second-order valence-corrected chi connectivity index (χ2v) is 4.74. The van der Waals surface area contributed by atoms with Crippen molar-refractivity contribution in [1.82, 2.24) is 9.80 Å². The fraction of sp³-hybridized carbons (Fsp3) is 0.462. The highest BCUT2D eigenvalue weighted by Gasteiger charge is 2.24. The molecule has 0 spiro atoms. The second kappa shape index (κ2) is 4.86. The maximum atomic E-state index is 12.2. The molecule has 98 valence electrons. The minimum Gasteiger partial charge on any atom is -0.449 e. The van der Waals surface area contributed by atoms with Crippen LogP contribution in [0.15, 0.2) is 17.1 Å². The Kier molecular flexibility index (Phi) is 3.43. The lowest BCUT2D eigenvalue weighted by molar-refractivity contribution is 0.0632. The van der Waals surface area contributed by atoms with E-state index in [0.29, 0.717) is 17.2 Å². The number of rotatable bonds is 2. The van der Waals surface area contributed by atoms with Crippen molar-refractivity contribution in [2.45, 2.75) is 6.92 Å². The van der Waals surface area contributed by atoms with Crippen molar-refractivity contribution in [2.75, 3.05) is 33.2 Å². The summed E-state index contributed by atoms with van der Waals surface area (Å²) in [6, 6.07) is 1.73. The Balaban J connectivity index is 2.14. The van der Waals surface area contributed by atoms with Gasteiger partial charge in [-0.2, -0.15) is 0 Å². The fourth-order valence-electron chi connectivity index (χ4n) is 2.07. The molecule has 0 saturated carbocycles. The van der Waals surface area contributed by atoms with Crippen molar-refractivity contribution in [3.8, 4) is 0 Å². The van der Waals surface area contributed by atoms with Crippen LogP contribution in [-0.4, -0.2) is 48.9 Å². The molecule has 0 aliphatic carbocycles. The van der Waals surface area contributed by atoms with Crippen LogP contribution in [-0.2, 0) is 0 Å². The first-order valence-electron chi connectivity index (χ1n) is 6.02. The number of hydrogen-bond acceptors (Lipinski definition) is 4. The van der Waals surface area contributed by atoms with E-state index in [-0.39, 0.29) is 5.91 Å². The van der Waals surface area contributed by atoms with Crippen molar-refractivity contribution in [3.05, 3.63) is 29.7 Å². The molecule has 1 aromatic rings. The van der Waals surface area contributed by atoms with E-state index < -0.39 is 0 Å². The monoisotopic (exact) mass is 249 g/mol. The van der Waals surface area contributed by atoms with Crippen LogP contribution in [0.3, 0.4) is 0 Å². The zero-order chi connectivity index (χ0) is 13.3. The fourth-order valence-corrected chi connectivity index (χ4v) is 2.07. The summed E-state index contributed by atoms with van der Waals surface area (Å²) in [4.78, 5) is 16.2. The topological polar surface area (TPSA) is 62.7 Å². The number of hydrogen-bond donors (Lipinski definition) is 1. The number of carbonyl (C=O) groups excluding carboxylic acids is 1. The van der Waals surface area contributed by atoms with Crippen LogP contribution in [0, 0.1) is 6.92 Å². The van der Waals surface area contributed by atoms with Crippen molar-refractivity contribution >= 4 is 11.6 Å². The quantitative estimate of drug-likeness (QED) is 0.846. The van der Waals surface area contributed by atoms with Crippen LogP contribution in [0.2, 0.25) is 0 Å². The molecule has 2 N–H and O–H groups in total. The Morgan fingerprint density at radius 1 is 1.39 bits per heavy atom. The van der Waals surface area contributed by atoms with Crippen molar-refractivity contribution in [1.29, 1.82) is 0 Å². The van der Waals surface area contributed by atoms with E-state index >= 15 is 0 Å². The highest BCUT2D eigenvalue weighted by Crippen LogP contribution is 2.20. The van der Waals surface area contributed by atoms with Gasteiger partial charge in [-0.1, -0.05) is 6.58 Å². The molecule has 1 aliphatic heterocycles. The number of piperazine rings is 1. The van der Waals surface area contributed by atoms with E-state index in [1.165, 1.54) is 0 Å². The molecule has 0 bridgehead atoms. The Labute approximate surface area is 107 Å². The molecular weight excluding hydrogens is 230 g/mol. The van der Waals surface area contributed by atoms with E-state index in [1.54, 1.807) is 11.0 Å². The molecule has 0 aromatic carbocycles. The molecule has 1 aromatic heterocycles. The normalized spacial score (nSPS) is 16.9. The number of nitrogens with two attached hydrogens (primary N) is 1. The Morgan fingerprint density at radius 3 is 2.50 bits per heavy atom. The number of nitrogens with zero attached hydrogens (tertiary/aromatic N) is 2. The SMILES string of the molecule is C=C(N)c1oc(C(=O)N2CCN(C)CC2)cc1C. The lowest BCUT2D eigenvalue weighted by atomic mass is 10.2. The van der Waals surface area contributed by atoms with Crippen LogP contribution in [0.25, 0.3) is 5.70 Å². The predicted octanol–water partition coefficient (Wildman–Crippen LogP) is 0.905. The molecular formula is C13H19N3O2. The third-order valence-electron chi connectivity index (χ3n) is 3.21. The number of likely N-dealkylation sites (N-methyl/N-ethyl adjacent to an activating group) is 1. The van der Waals surface area contributed by atoms with Crippen LogP contribution in [0.4, 0.5) is 0 Å². The van der Waals surface area contributed by atoms with E-state index in [0.717, 1.165) is 31.7 Å². The first-order valence-corrected chi connectivity index (χ1v) is 6.02. The molecule has 1 amide bonds. The van der Waals surface area contributed by atoms with E-state index in [2.05, 4.69) is 18.5 Å². The number of carbonyl (C=O) groups is 1. The molecule has 1 saturated heterocycles. The average Bonchev–Trinajstić information content (AvgIpc) is 2.71. The largest absolute Gasteiger partial charge is 0.449 e. The van der Waals surface area contributed by atoms with Gasteiger partial charge in [0.15, 0.2) is 11.5 Å². The summed E-state index contributed by atoms with van der Waals surface area (Å²) in [5.74, 6) is 0.782. The Morgan fingerprint density at radius 2 is 2.00 bits per heavy atom. The van der Waals surface area contributed by atoms with Gasteiger partial charge in [0.05, 0.1) is 5.70 Å². The first kappa shape index (κ1) is 12.7. The number of furan rings is 1. The van der Waals surface area contributed by atoms with Gasteiger partial charge in [-0.15, -0.1) is 0 Å². The molecule has 0 radical (unpaired) electrons. The highest BCUT2D eigenvalue weighted by atomic mass is 16.4. The molecule has 1 aliphatic rings. The molecule has 2 rings (SSSR count). The standard InChI is InChI=1S/C13H19N3O2/c1-9-8-11(18-12(9)10(2)14)13(17)16-6-4-15(3)5-7-16/h8H,2,4-7,14H2,1,3H3. The van der Waals surface area contributed by atoms with Gasteiger partial charge in [-0.3, -0.25) is 4.79 Å².